The zero-order chi connectivity index (χ0) is 50.5. The number of nitrogens with one attached hydrogen (secondary N) is 1. The van der Waals surface area contributed by atoms with E-state index in [2.05, 4.69) is 27.4 Å². The number of hydrogen-bond acceptors (Lipinski definition) is 12. The standard InChI is InChI=1S/C28H34N4O4.C27H32N4O4/c1-27(2,3)36-26(34)32-13-11-28(17-32,35-5)25(33)31(4)21-8-9-22-20(14-21)16-30-24(22)19-10-12-29-23(15-19)18-6-7-18;1-26(2,3)35-25(33)31-12-10-27(16-31,34-4)24(32)30-20-7-8-21-19(13-20)15-29-23(21)18-9-11-28-22(14-18)17-5-6-17/h8-10,12,14-15,18H,6-7,11,13,16-17H2,1-5H3;7-9,11,13-14,17H,5-6,10,12,15-16H2,1-4H3,(H,30,32)/t28-;27-/m00/s1. The van der Waals surface area contributed by atoms with Crippen LogP contribution in [0.4, 0.5) is 21.0 Å². The van der Waals surface area contributed by atoms with Gasteiger partial charge in [0.05, 0.1) is 37.6 Å². The molecule has 4 aliphatic heterocycles. The van der Waals surface area contributed by atoms with Crippen LogP contribution in [0.15, 0.2) is 83.0 Å². The third-order valence-corrected chi connectivity index (χ3v) is 13.9. The Morgan fingerprint density at radius 2 is 1.13 bits per heavy atom. The molecular formula is C55H66N8O8. The number of hydrogen-bond donors (Lipinski definition) is 1. The molecule has 4 aromatic rings. The molecule has 1 N–H and O–H groups in total. The number of nitrogens with zero attached hydrogens (tertiary/aromatic N) is 7. The van der Waals surface area contributed by atoms with Crippen molar-refractivity contribution in [3.8, 4) is 0 Å². The Morgan fingerprint density at radius 1 is 0.648 bits per heavy atom. The molecule has 6 aliphatic rings. The molecule has 0 unspecified atom stereocenters. The maximum absolute atomic E-state index is 13.6. The van der Waals surface area contributed by atoms with Crippen LogP contribution in [0.2, 0.25) is 0 Å². The Morgan fingerprint density at radius 3 is 1.62 bits per heavy atom. The fourth-order valence-corrected chi connectivity index (χ4v) is 9.64. The molecule has 4 amide bonds. The number of pyridine rings is 2. The van der Waals surface area contributed by atoms with Crippen LogP contribution in [0.3, 0.4) is 0 Å². The number of carbonyl (C=O) groups excluding carboxylic acids is 4. The van der Waals surface area contributed by atoms with Crippen molar-refractivity contribution in [2.45, 2.75) is 127 Å². The molecular weight excluding hydrogens is 901 g/mol. The number of carbonyl (C=O) groups is 4. The van der Waals surface area contributed by atoms with E-state index in [0.29, 0.717) is 56.5 Å². The van der Waals surface area contributed by atoms with Crippen LogP contribution >= 0.6 is 0 Å². The second-order valence-electron chi connectivity index (χ2n) is 21.5. The van der Waals surface area contributed by atoms with E-state index in [1.54, 1.807) is 16.8 Å². The van der Waals surface area contributed by atoms with Gasteiger partial charge < -0.3 is 39.0 Å². The molecule has 2 aromatic carbocycles. The van der Waals surface area contributed by atoms with Gasteiger partial charge in [0.25, 0.3) is 11.8 Å². The van der Waals surface area contributed by atoms with Gasteiger partial charge in [-0.05, 0) is 127 Å². The van der Waals surface area contributed by atoms with Crippen LogP contribution in [-0.2, 0) is 41.6 Å². The minimum Gasteiger partial charge on any atom is -0.444 e. The minimum atomic E-state index is -1.12. The first-order valence-corrected chi connectivity index (χ1v) is 24.7. The van der Waals surface area contributed by atoms with Gasteiger partial charge in [-0.25, -0.2) is 9.59 Å². The fraction of sp³-hybridized carbons (Fsp3) is 0.491. The lowest BCUT2D eigenvalue weighted by molar-refractivity contribution is -0.138. The topological polar surface area (TPSA) is 177 Å². The van der Waals surface area contributed by atoms with E-state index in [1.165, 1.54) is 44.8 Å². The molecule has 2 aromatic heterocycles. The van der Waals surface area contributed by atoms with Crippen LogP contribution < -0.4 is 10.2 Å². The van der Waals surface area contributed by atoms with Gasteiger partial charge in [-0.3, -0.25) is 29.5 Å². The van der Waals surface area contributed by atoms with E-state index in [4.69, 9.17) is 28.9 Å². The molecule has 2 aliphatic carbocycles. The highest BCUT2D eigenvalue weighted by Crippen LogP contribution is 2.41. The number of ether oxygens (including phenoxy) is 4. The largest absolute Gasteiger partial charge is 0.444 e. The number of amides is 4. The molecule has 2 saturated heterocycles. The van der Waals surface area contributed by atoms with Crippen LogP contribution in [-0.4, -0.2) is 125 Å². The predicted octanol–water partition coefficient (Wildman–Crippen LogP) is 8.57. The molecule has 71 heavy (non-hydrogen) atoms. The Balaban J connectivity index is 0.000000176. The maximum atomic E-state index is 13.6. The molecule has 10 rings (SSSR count). The molecule has 0 spiro atoms. The summed E-state index contributed by atoms with van der Waals surface area (Å²) < 4.78 is 22.4. The van der Waals surface area contributed by atoms with Crippen LogP contribution in [0.25, 0.3) is 0 Å². The van der Waals surface area contributed by atoms with E-state index in [0.717, 1.165) is 61.9 Å². The lowest BCUT2D eigenvalue weighted by Gasteiger charge is -2.32. The highest BCUT2D eigenvalue weighted by Gasteiger charge is 2.50. The molecule has 6 heterocycles. The Bertz CT molecular complexity index is 2810. The number of aromatic nitrogens is 2. The molecule has 4 fully saturated rings. The van der Waals surface area contributed by atoms with E-state index in [9.17, 15) is 19.2 Å². The number of fused-ring (bicyclic) bond motifs is 2. The summed E-state index contributed by atoms with van der Waals surface area (Å²) >= 11 is 0. The van der Waals surface area contributed by atoms with E-state index in [1.807, 2.05) is 102 Å². The first-order valence-electron chi connectivity index (χ1n) is 24.7. The van der Waals surface area contributed by atoms with Gasteiger partial charge in [0.1, 0.15) is 11.2 Å². The predicted molar refractivity (Wildman–Crippen MR) is 270 cm³/mol. The summed E-state index contributed by atoms with van der Waals surface area (Å²) in [5.74, 6) is 0.721. The van der Waals surface area contributed by atoms with E-state index < -0.39 is 34.6 Å². The summed E-state index contributed by atoms with van der Waals surface area (Å²) in [6.45, 7) is 13.2. The Labute approximate surface area is 416 Å². The Hall–Kier alpha value is -6.52. The zero-order valence-corrected chi connectivity index (χ0v) is 42.5. The van der Waals surface area contributed by atoms with Gasteiger partial charge >= 0.3 is 12.2 Å². The molecule has 2 saturated carbocycles. The number of anilines is 2. The van der Waals surface area contributed by atoms with Gasteiger partial charge in [0, 0.05) is 116 Å². The molecule has 16 heteroatoms. The lowest BCUT2D eigenvalue weighted by Crippen LogP contribution is -2.51. The summed E-state index contributed by atoms with van der Waals surface area (Å²) in [6.07, 6.45) is 8.52. The van der Waals surface area contributed by atoms with Crippen molar-refractivity contribution in [1.82, 2.24) is 19.8 Å². The number of rotatable bonds is 10. The molecule has 0 bridgehead atoms. The summed E-state index contributed by atoms with van der Waals surface area (Å²) in [6, 6.07) is 20.2. The second-order valence-corrected chi connectivity index (χ2v) is 21.5. The summed E-state index contributed by atoms with van der Waals surface area (Å²) in [5, 5.41) is 3.00. The number of methoxy groups -OCH3 is 2. The van der Waals surface area contributed by atoms with Crippen molar-refractivity contribution < 1.29 is 38.1 Å². The molecule has 16 nitrogen and oxygen atoms in total. The van der Waals surface area contributed by atoms with Gasteiger partial charge in [0.2, 0.25) is 0 Å². The maximum Gasteiger partial charge on any atom is 0.410 e. The van der Waals surface area contributed by atoms with Crippen molar-refractivity contribution in [3.05, 3.63) is 118 Å². The lowest BCUT2D eigenvalue weighted by atomic mass is 9.98. The first kappa shape index (κ1) is 49.5. The molecule has 374 valence electrons. The second kappa shape index (κ2) is 19.2. The highest BCUT2D eigenvalue weighted by atomic mass is 16.6. The van der Waals surface area contributed by atoms with Gasteiger partial charge in [-0.15, -0.1) is 0 Å². The van der Waals surface area contributed by atoms with Crippen molar-refractivity contribution in [2.75, 3.05) is 57.7 Å². The normalized spacial score (nSPS) is 21.4. The third kappa shape index (κ3) is 10.7. The van der Waals surface area contributed by atoms with Crippen molar-refractivity contribution >= 4 is 46.8 Å². The third-order valence-electron chi connectivity index (χ3n) is 13.9. The summed E-state index contributed by atoms with van der Waals surface area (Å²) in [5.41, 5.74) is 8.77. The smallest absolute Gasteiger partial charge is 0.410 e. The van der Waals surface area contributed by atoms with Gasteiger partial charge in [-0.1, -0.05) is 12.1 Å². The van der Waals surface area contributed by atoms with Crippen molar-refractivity contribution in [2.24, 2.45) is 9.98 Å². The van der Waals surface area contributed by atoms with Crippen molar-refractivity contribution in [3.63, 3.8) is 0 Å². The van der Waals surface area contributed by atoms with Crippen LogP contribution in [0, 0.1) is 0 Å². The monoisotopic (exact) mass is 967 g/mol. The van der Waals surface area contributed by atoms with E-state index >= 15 is 0 Å². The van der Waals surface area contributed by atoms with Gasteiger partial charge in [0.15, 0.2) is 11.2 Å². The fourth-order valence-electron chi connectivity index (χ4n) is 9.64. The van der Waals surface area contributed by atoms with E-state index in [-0.39, 0.29) is 24.9 Å². The quantitative estimate of drug-likeness (QED) is 0.162. The highest BCUT2D eigenvalue weighted by molar-refractivity contribution is 6.16. The Kier molecular flexibility index (Phi) is 13.4. The average Bonchev–Trinajstić information content (AvgIpc) is 4.18. The SMILES string of the molecule is CO[C@@]1(C(=O)N(C)c2ccc3c(c2)CN=C3c2ccnc(C3CC3)c2)CCN(C(=O)OC(C)(C)C)C1.CO[C@@]1(C(=O)Nc2ccc3c(c2)CN=C3c2ccnc(C3CC3)c2)CCN(C(=O)OC(C)(C)C)C1. The van der Waals surface area contributed by atoms with Crippen LogP contribution in [0.5, 0.6) is 0 Å². The summed E-state index contributed by atoms with van der Waals surface area (Å²) in [7, 11) is 4.78. The number of benzene rings is 2. The number of likely N-dealkylation sites (tertiary alicyclic amines) is 2. The van der Waals surface area contributed by atoms with Gasteiger partial charge in [-0.2, -0.15) is 0 Å². The molecule has 0 radical (unpaired) electrons. The zero-order valence-electron chi connectivity index (χ0n) is 42.5. The van der Waals surface area contributed by atoms with Crippen molar-refractivity contribution in [1.29, 1.82) is 0 Å². The van der Waals surface area contributed by atoms with Crippen LogP contribution in [0.1, 0.15) is 137 Å². The molecule has 2 atom stereocenters. The minimum absolute atomic E-state index is 0.147. The number of likely N-dealkylation sites (N-methyl/N-ethyl adjacent to an activating group) is 1. The summed E-state index contributed by atoms with van der Waals surface area (Å²) in [4.78, 5) is 75.3. The first-order chi connectivity index (χ1) is 33.8. The number of aliphatic imine (C=N–C) groups is 2. The average molecular weight is 967 g/mol.